The Labute approximate surface area is 160 Å². The van der Waals surface area contributed by atoms with Gasteiger partial charge < -0.3 is 5.32 Å². The molecule has 3 aromatic rings. The normalized spacial score (nSPS) is 11.5. The van der Waals surface area contributed by atoms with Gasteiger partial charge in [-0.3, -0.25) is 4.79 Å². The van der Waals surface area contributed by atoms with Gasteiger partial charge in [0.1, 0.15) is 15.7 Å². The van der Waals surface area contributed by atoms with E-state index in [2.05, 4.69) is 10.3 Å². The third-order valence-corrected chi connectivity index (χ3v) is 5.17. The fourth-order valence-electron chi connectivity index (χ4n) is 2.30. The Morgan fingerprint density at radius 2 is 1.81 bits per heavy atom. The zero-order chi connectivity index (χ0) is 19.8. The average molecular weight is 415 g/mol. The molecule has 0 aliphatic carbocycles. The molecule has 0 saturated carbocycles. The van der Waals surface area contributed by atoms with Gasteiger partial charge in [-0.25, -0.2) is 9.37 Å². The summed E-state index contributed by atoms with van der Waals surface area (Å²) in [5.41, 5.74) is -0.0385. The number of thiazole rings is 1. The Morgan fingerprint density at radius 1 is 1.15 bits per heavy atom. The summed E-state index contributed by atoms with van der Waals surface area (Å²) in [5, 5.41) is 2.87. The van der Waals surface area contributed by atoms with Crippen LogP contribution in [-0.2, 0) is 6.18 Å². The van der Waals surface area contributed by atoms with E-state index in [1.807, 2.05) is 0 Å². The number of alkyl halides is 3. The number of nitrogens with one attached hydrogen (secondary N) is 1. The fourth-order valence-corrected chi connectivity index (χ4v) is 3.43. The standard InChI is InChI=1S/C18H11ClF4N2OS/c1-9-15(27-17(24-9)10-2-5-12(20)6-3-10)16(26)25-14-8-11(18(21,22)23)4-7-13(14)19/h2-8H,1H3,(H,25,26). The molecule has 0 atom stereocenters. The molecule has 0 radical (unpaired) electrons. The maximum absolute atomic E-state index is 13.0. The summed E-state index contributed by atoms with van der Waals surface area (Å²) in [6.07, 6.45) is -4.56. The van der Waals surface area contributed by atoms with Gasteiger partial charge in [-0.15, -0.1) is 11.3 Å². The highest BCUT2D eigenvalue weighted by Gasteiger charge is 2.31. The van der Waals surface area contributed by atoms with Crippen LogP contribution in [-0.4, -0.2) is 10.9 Å². The third-order valence-electron chi connectivity index (χ3n) is 3.64. The quantitative estimate of drug-likeness (QED) is 0.520. The van der Waals surface area contributed by atoms with Gasteiger partial charge in [0.15, 0.2) is 0 Å². The maximum Gasteiger partial charge on any atom is 0.416 e. The summed E-state index contributed by atoms with van der Waals surface area (Å²) in [4.78, 5) is 17.0. The second-order valence-corrected chi connectivity index (χ2v) is 6.99. The van der Waals surface area contributed by atoms with Crippen molar-refractivity contribution >= 4 is 34.5 Å². The minimum Gasteiger partial charge on any atom is -0.320 e. The predicted molar refractivity (Wildman–Crippen MR) is 96.7 cm³/mol. The highest BCUT2D eigenvalue weighted by molar-refractivity contribution is 7.17. The summed E-state index contributed by atoms with van der Waals surface area (Å²) in [6.45, 7) is 1.60. The Kier molecular flexibility index (Phi) is 5.21. The molecule has 9 heteroatoms. The number of halogens is 5. The van der Waals surface area contributed by atoms with Crippen LogP contribution in [0.1, 0.15) is 20.9 Å². The van der Waals surface area contributed by atoms with E-state index in [1.54, 1.807) is 6.92 Å². The molecule has 0 aliphatic heterocycles. The van der Waals surface area contributed by atoms with Gasteiger partial charge in [-0.05, 0) is 49.4 Å². The highest BCUT2D eigenvalue weighted by atomic mass is 35.5. The first kappa shape index (κ1) is 19.3. The number of aryl methyl sites for hydroxylation is 1. The van der Waals surface area contributed by atoms with Crippen molar-refractivity contribution in [2.45, 2.75) is 13.1 Å². The molecule has 3 rings (SSSR count). The first-order valence-corrected chi connectivity index (χ1v) is 8.76. The molecular formula is C18H11ClF4N2OS. The Hall–Kier alpha value is -2.45. The van der Waals surface area contributed by atoms with Crippen LogP contribution >= 0.6 is 22.9 Å². The van der Waals surface area contributed by atoms with Gasteiger partial charge in [-0.1, -0.05) is 11.6 Å². The van der Waals surface area contributed by atoms with Crippen molar-refractivity contribution in [1.82, 2.24) is 4.98 Å². The SMILES string of the molecule is Cc1nc(-c2ccc(F)cc2)sc1C(=O)Nc1cc(C(F)(F)F)ccc1Cl. The number of hydrogen-bond donors (Lipinski definition) is 1. The van der Waals surface area contributed by atoms with Crippen LogP contribution < -0.4 is 5.32 Å². The smallest absolute Gasteiger partial charge is 0.320 e. The van der Waals surface area contributed by atoms with Crippen molar-refractivity contribution < 1.29 is 22.4 Å². The molecule has 27 heavy (non-hydrogen) atoms. The van der Waals surface area contributed by atoms with Crippen LogP contribution in [0.25, 0.3) is 10.6 Å². The zero-order valence-electron chi connectivity index (χ0n) is 13.7. The van der Waals surface area contributed by atoms with Crippen molar-refractivity contribution in [2.24, 2.45) is 0 Å². The average Bonchev–Trinajstić information content (AvgIpc) is 2.98. The van der Waals surface area contributed by atoms with Gasteiger partial charge in [0.05, 0.1) is 22.0 Å². The van der Waals surface area contributed by atoms with E-state index in [9.17, 15) is 22.4 Å². The molecule has 2 aromatic carbocycles. The van der Waals surface area contributed by atoms with Crippen molar-refractivity contribution in [2.75, 3.05) is 5.32 Å². The van der Waals surface area contributed by atoms with Crippen LogP contribution in [0.3, 0.4) is 0 Å². The van der Waals surface area contributed by atoms with E-state index < -0.39 is 23.5 Å². The molecule has 0 aliphatic rings. The molecule has 3 nitrogen and oxygen atoms in total. The highest BCUT2D eigenvalue weighted by Crippen LogP contribution is 2.35. The molecule has 1 aromatic heterocycles. The van der Waals surface area contributed by atoms with E-state index in [0.29, 0.717) is 16.3 Å². The Morgan fingerprint density at radius 3 is 2.44 bits per heavy atom. The van der Waals surface area contributed by atoms with Crippen molar-refractivity contribution in [3.8, 4) is 10.6 Å². The lowest BCUT2D eigenvalue weighted by Crippen LogP contribution is -2.13. The van der Waals surface area contributed by atoms with E-state index in [0.717, 1.165) is 29.5 Å². The number of amides is 1. The van der Waals surface area contributed by atoms with Gasteiger partial charge >= 0.3 is 6.18 Å². The largest absolute Gasteiger partial charge is 0.416 e. The lowest BCUT2D eigenvalue weighted by atomic mass is 10.2. The summed E-state index contributed by atoms with van der Waals surface area (Å²) in [6, 6.07) is 8.28. The molecule has 1 N–H and O–H groups in total. The number of carbonyl (C=O) groups excluding carboxylic acids is 1. The number of carbonyl (C=O) groups is 1. The van der Waals surface area contributed by atoms with Crippen LogP contribution in [0.4, 0.5) is 23.2 Å². The van der Waals surface area contributed by atoms with Crippen LogP contribution in [0.15, 0.2) is 42.5 Å². The number of nitrogens with zero attached hydrogens (tertiary/aromatic N) is 1. The monoisotopic (exact) mass is 414 g/mol. The van der Waals surface area contributed by atoms with E-state index in [4.69, 9.17) is 11.6 Å². The van der Waals surface area contributed by atoms with Crippen LogP contribution in [0.5, 0.6) is 0 Å². The summed E-state index contributed by atoms with van der Waals surface area (Å²) in [7, 11) is 0. The number of rotatable bonds is 3. The summed E-state index contributed by atoms with van der Waals surface area (Å²) < 4.78 is 51.6. The maximum atomic E-state index is 13.0. The molecule has 0 bridgehead atoms. The van der Waals surface area contributed by atoms with Gasteiger partial charge in [0.2, 0.25) is 0 Å². The summed E-state index contributed by atoms with van der Waals surface area (Å²) in [5.74, 6) is -1.02. The third kappa shape index (κ3) is 4.28. The van der Waals surface area contributed by atoms with Crippen LogP contribution in [0, 0.1) is 12.7 Å². The number of hydrogen-bond acceptors (Lipinski definition) is 3. The molecule has 0 spiro atoms. The molecule has 0 fully saturated rings. The topological polar surface area (TPSA) is 42.0 Å². The summed E-state index contributed by atoms with van der Waals surface area (Å²) >= 11 is 6.95. The number of aromatic nitrogens is 1. The number of benzene rings is 2. The van der Waals surface area contributed by atoms with Crippen LogP contribution in [0.2, 0.25) is 5.02 Å². The molecular weight excluding hydrogens is 404 g/mol. The minimum absolute atomic E-state index is 0.0164. The first-order chi connectivity index (χ1) is 12.6. The van der Waals surface area contributed by atoms with E-state index >= 15 is 0 Å². The second-order valence-electron chi connectivity index (χ2n) is 5.59. The fraction of sp³-hybridized carbons (Fsp3) is 0.111. The van der Waals surface area contributed by atoms with Crippen molar-refractivity contribution in [1.29, 1.82) is 0 Å². The molecule has 1 heterocycles. The Bertz CT molecular complexity index is 1000. The predicted octanol–water partition coefficient (Wildman–Crippen LogP) is 6.18. The van der Waals surface area contributed by atoms with Gasteiger partial charge in [-0.2, -0.15) is 13.2 Å². The first-order valence-electron chi connectivity index (χ1n) is 7.56. The zero-order valence-corrected chi connectivity index (χ0v) is 15.3. The molecule has 140 valence electrons. The molecule has 0 unspecified atom stereocenters. The van der Waals surface area contributed by atoms with Gasteiger partial charge in [0.25, 0.3) is 5.91 Å². The molecule has 0 saturated heterocycles. The van der Waals surface area contributed by atoms with Crippen molar-refractivity contribution in [3.05, 3.63) is 69.4 Å². The minimum atomic E-state index is -4.56. The van der Waals surface area contributed by atoms with Crippen molar-refractivity contribution in [3.63, 3.8) is 0 Å². The lowest BCUT2D eigenvalue weighted by molar-refractivity contribution is -0.137. The second kappa shape index (κ2) is 7.28. The lowest BCUT2D eigenvalue weighted by Gasteiger charge is -2.11. The molecule has 1 amide bonds. The van der Waals surface area contributed by atoms with E-state index in [1.165, 1.54) is 24.3 Å². The Balaban J connectivity index is 1.88. The van der Waals surface area contributed by atoms with E-state index in [-0.39, 0.29) is 15.6 Å². The van der Waals surface area contributed by atoms with Gasteiger partial charge in [0, 0.05) is 5.56 Å². The number of anilines is 1.